The SMILES string of the molecule is C[C@@H](O)CN1CCN(Cc2cnn(-c3ccccc3)n2)CC1. The number of hydrogen-bond acceptors (Lipinski definition) is 5. The molecule has 118 valence electrons. The molecule has 0 unspecified atom stereocenters. The molecule has 6 heteroatoms. The van der Waals surface area contributed by atoms with Crippen LogP contribution in [-0.2, 0) is 6.54 Å². The van der Waals surface area contributed by atoms with Crippen LogP contribution in [0, 0.1) is 0 Å². The lowest BCUT2D eigenvalue weighted by Gasteiger charge is -2.34. The van der Waals surface area contributed by atoms with Crippen LogP contribution in [0.3, 0.4) is 0 Å². The van der Waals surface area contributed by atoms with Crippen molar-refractivity contribution in [2.75, 3.05) is 32.7 Å². The summed E-state index contributed by atoms with van der Waals surface area (Å²) < 4.78 is 0. The summed E-state index contributed by atoms with van der Waals surface area (Å²) in [6, 6.07) is 9.96. The Kier molecular flexibility index (Phi) is 4.82. The summed E-state index contributed by atoms with van der Waals surface area (Å²) in [6.45, 7) is 7.44. The molecule has 1 N–H and O–H groups in total. The highest BCUT2D eigenvalue weighted by Gasteiger charge is 2.18. The maximum Gasteiger partial charge on any atom is 0.0971 e. The molecule has 1 fully saturated rings. The summed E-state index contributed by atoms with van der Waals surface area (Å²) in [4.78, 5) is 6.37. The van der Waals surface area contributed by atoms with E-state index in [0.717, 1.165) is 50.6 Å². The van der Waals surface area contributed by atoms with Crippen molar-refractivity contribution in [1.29, 1.82) is 0 Å². The van der Waals surface area contributed by atoms with Crippen LogP contribution in [0.25, 0.3) is 5.69 Å². The van der Waals surface area contributed by atoms with Gasteiger partial charge in [-0.25, -0.2) is 0 Å². The molecule has 0 bridgehead atoms. The highest BCUT2D eigenvalue weighted by Crippen LogP contribution is 2.09. The van der Waals surface area contributed by atoms with Gasteiger partial charge in [-0.2, -0.15) is 15.0 Å². The number of aliphatic hydroxyl groups excluding tert-OH is 1. The number of nitrogens with zero attached hydrogens (tertiary/aromatic N) is 5. The summed E-state index contributed by atoms with van der Waals surface area (Å²) in [7, 11) is 0. The number of hydrogen-bond donors (Lipinski definition) is 1. The zero-order chi connectivity index (χ0) is 15.4. The Bertz CT molecular complexity index is 575. The van der Waals surface area contributed by atoms with E-state index in [1.165, 1.54) is 0 Å². The van der Waals surface area contributed by atoms with Gasteiger partial charge in [0.2, 0.25) is 0 Å². The molecule has 0 saturated carbocycles. The van der Waals surface area contributed by atoms with E-state index < -0.39 is 0 Å². The molecule has 1 aromatic heterocycles. The average Bonchev–Trinajstić information content (AvgIpc) is 2.98. The molecule has 0 aliphatic carbocycles. The minimum absolute atomic E-state index is 0.252. The Labute approximate surface area is 131 Å². The zero-order valence-corrected chi connectivity index (χ0v) is 13.0. The van der Waals surface area contributed by atoms with Crippen LogP contribution in [0.5, 0.6) is 0 Å². The number of para-hydroxylation sites is 1. The summed E-state index contributed by atoms with van der Waals surface area (Å²) in [5, 5.41) is 18.3. The van der Waals surface area contributed by atoms with Gasteiger partial charge >= 0.3 is 0 Å². The van der Waals surface area contributed by atoms with Crippen LogP contribution in [0.1, 0.15) is 12.6 Å². The molecule has 22 heavy (non-hydrogen) atoms. The Hall–Kier alpha value is -1.76. The maximum absolute atomic E-state index is 9.44. The third-order valence-electron chi connectivity index (χ3n) is 3.90. The van der Waals surface area contributed by atoms with Crippen LogP contribution in [-0.4, -0.2) is 68.7 Å². The largest absolute Gasteiger partial charge is 0.392 e. The van der Waals surface area contributed by atoms with Crippen molar-refractivity contribution in [2.45, 2.75) is 19.6 Å². The van der Waals surface area contributed by atoms with E-state index in [1.54, 1.807) is 4.80 Å². The third-order valence-corrected chi connectivity index (χ3v) is 3.90. The van der Waals surface area contributed by atoms with Gasteiger partial charge in [-0.3, -0.25) is 9.80 Å². The summed E-state index contributed by atoms with van der Waals surface area (Å²) >= 11 is 0. The lowest BCUT2D eigenvalue weighted by atomic mass is 10.2. The first kappa shape index (κ1) is 15.1. The number of benzene rings is 1. The average molecular weight is 301 g/mol. The predicted molar refractivity (Wildman–Crippen MR) is 84.8 cm³/mol. The van der Waals surface area contributed by atoms with Crippen LogP contribution < -0.4 is 0 Å². The molecular weight excluding hydrogens is 278 g/mol. The van der Waals surface area contributed by atoms with E-state index in [4.69, 9.17) is 0 Å². The highest BCUT2D eigenvalue weighted by atomic mass is 16.3. The Morgan fingerprint density at radius 1 is 1.09 bits per heavy atom. The van der Waals surface area contributed by atoms with Crippen molar-refractivity contribution < 1.29 is 5.11 Å². The Morgan fingerprint density at radius 3 is 2.45 bits per heavy atom. The minimum Gasteiger partial charge on any atom is -0.392 e. The van der Waals surface area contributed by atoms with Crippen LogP contribution in [0.15, 0.2) is 36.5 Å². The summed E-state index contributed by atoms with van der Waals surface area (Å²) in [6.07, 6.45) is 1.59. The van der Waals surface area contributed by atoms with Gasteiger partial charge < -0.3 is 5.11 Å². The van der Waals surface area contributed by atoms with E-state index in [-0.39, 0.29) is 6.10 Å². The third kappa shape index (κ3) is 3.91. The van der Waals surface area contributed by atoms with Crippen LogP contribution >= 0.6 is 0 Å². The molecule has 2 aromatic rings. The smallest absolute Gasteiger partial charge is 0.0971 e. The van der Waals surface area contributed by atoms with Gasteiger partial charge in [0, 0.05) is 39.3 Å². The minimum atomic E-state index is -0.252. The van der Waals surface area contributed by atoms with Crippen molar-refractivity contribution >= 4 is 0 Å². The number of aromatic nitrogens is 3. The molecular formula is C16H23N5O. The van der Waals surface area contributed by atoms with Gasteiger partial charge in [0.15, 0.2) is 0 Å². The lowest BCUT2D eigenvalue weighted by molar-refractivity contribution is 0.0776. The fourth-order valence-electron chi connectivity index (χ4n) is 2.79. The van der Waals surface area contributed by atoms with Gasteiger partial charge in [-0.05, 0) is 19.1 Å². The Morgan fingerprint density at radius 2 is 1.77 bits per heavy atom. The second-order valence-corrected chi connectivity index (χ2v) is 5.89. The second-order valence-electron chi connectivity index (χ2n) is 5.89. The molecule has 3 rings (SSSR count). The maximum atomic E-state index is 9.44. The fourth-order valence-corrected chi connectivity index (χ4v) is 2.79. The second kappa shape index (κ2) is 7.00. The molecule has 0 amide bonds. The summed E-state index contributed by atoms with van der Waals surface area (Å²) in [5.74, 6) is 0. The van der Waals surface area contributed by atoms with Gasteiger partial charge in [0.25, 0.3) is 0 Å². The number of piperazine rings is 1. The first-order chi connectivity index (χ1) is 10.7. The lowest BCUT2D eigenvalue weighted by Crippen LogP contribution is -2.47. The monoisotopic (exact) mass is 301 g/mol. The van der Waals surface area contributed by atoms with Crippen molar-refractivity contribution in [3.05, 3.63) is 42.2 Å². The highest BCUT2D eigenvalue weighted by molar-refractivity contribution is 5.28. The topological polar surface area (TPSA) is 57.4 Å². The summed E-state index contributed by atoms with van der Waals surface area (Å²) in [5.41, 5.74) is 1.98. The molecule has 1 aliphatic rings. The van der Waals surface area contributed by atoms with Crippen molar-refractivity contribution in [1.82, 2.24) is 24.8 Å². The molecule has 1 aliphatic heterocycles. The Balaban J connectivity index is 1.54. The molecule has 6 nitrogen and oxygen atoms in total. The van der Waals surface area contributed by atoms with Crippen LogP contribution in [0.2, 0.25) is 0 Å². The molecule has 0 radical (unpaired) electrons. The number of aliphatic hydroxyl groups is 1. The van der Waals surface area contributed by atoms with Crippen molar-refractivity contribution in [3.63, 3.8) is 0 Å². The van der Waals surface area contributed by atoms with Crippen molar-refractivity contribution in [3.8, 4) is 5.69 Å². The van der Waals surface area contributed by atoms with Crippen LogP contribution in [0.4, 0.5) is 0 Å². The van der Waals surface area contributed by atoms with E-state index in [1.807, 2.05) is 43.5 Å². The van der Waals surface area contributed by atoms with Gasteiger partial charge in [0.1, 0.15) is 0 Å². The van der Waals surface area contributed by atoms with E-state index in [0.29, 0.717) is 0 Å². The molecule has 1 saturated heterocycles. The molecule has 2 heterocycles. The van der Waals surface area contributed by atoms with Gasteiger partial charge in [-0.15, -0.1) is 0 Å². The van der Waals surface area contributed by atoms with Crippen molar-refractivity contribution in [2.24, 2.45) is 0 Å². The van der Waals surface area contributed by atoms with E-state index in [9.17, 15) is 5.11 Å². The number of rotatable bonds is 5. The van der Waals surface area contributed by atoms with Gasteiger partial charge in [-0.1, -0.05) is 18.2 Å². The number of β-amino-alcohol motifs (C(OH)–C–C–N with tert-alkyl or cyclic N) is 1. The molecule has 0 spiro atoms. The van der Waals surface area contributed by atoms with Gasteiger partial charge in [0.05, 0.1) is 23.7 Å². The van der Waals surface area contributed by atoms with E-state index >= 15 is 0 Å². The first-order valence-corrected chi connectivity index (χ1v) is 7.80. The molecule has 1 aromatic carbocycles. The predicted octanol–water partition coefficient (Wildman–Crippen LogP) is 0.766. The quantitative estimate of drug-likeness (QED) is 0.884. The fraction of sp³-hybridized carbons (Fsp3) is 0.500. The zero-order valence-electron chi connectivity index (χ0n) is 13.0. The standard InChI is InChI=1S/C16H23N5O/c1-14(22)12-19-7-9-20(10-8-19)13-15-11-17-21(18-15)16-5-3-2-4-6-16/h2-6,11,14,22H,7-10,12-13H2,1H3/t14-/m1/s1. The molecule has 1 atom stereocenters. The normalized spacial score (nSPS) is 18.5. The first-order valence-electron chi connectivity index (χ1n) is 7.80. The van der Waals surface area contributed by atoms with E-state index in [2.05, 4.69) is 20.0 Å².